The van der Waals surface area contributed by atoms with Gasteiger partial charge < -0.3 is 15.4 Å². The van der Waals surface area contributed by atoms with E-state index >= 15 is 0 Å². The van der Waals surface area contributed by atoms with Crippen molar-refractivity contribution >= 4 is 17.4 Å². The van der Waals surface area contributed by atoms with Crippen LogP contribution in [-0.4, -0.2) is 28.0 Å². The Morgan fingerprint density at radius 2 is 1.96 bits per heavy atom. The number of ether oxygens (including phenoxy) is 1. The van der Waals surface area contributed by atoms with Crippen molar-refractivity contribution in [3.8, 4) is 5.75 Å². The van der Waals surface area contributed by atoms with Crippen molar-refractivity contribution in [2.75, 3.05) is 12.4 Å². The van der Waals surface area contributed by atoms with E-state index < -0.39 is 0 Å². The van der Waals surface area contributed by atoms with Crippen molar-refractivity contribution in [1.82, 2.24) is 20.3 Å². The smallest absolute Gasteiger partial charge is 0.270 e. The molecule has 7 heteroatoms. The molecule has 126 valence electrons. The number of aromatic nitrogens is 3. The topological polar surface area (TPSA) is 89.0 Å². The summed E-state index contributed by atoms with van der Waals surface area (Å²) in [5.74, 6) is 0.986. The van der Waals surface area contributed by atoms with Crippen LogP contribution < -0.4 is 15.4 Å². The molecule has 3 rings (SSSR count). The second-order valence-electron chi connectivity index (χ2n) is 5.18. The number of nitrogens with one attached hydrogen (secondary N) is 2. The summed E-state index contributed by atoms with van der Waals surface area (Å²) in [4.78, 5) is 24.4. The lowest BCUT2D eigenvalue weighted by atomic mass is 10.2. The van der Waals surface area contributed by atoms with Gasteiger partial charge >= 0.3 is 0 Å². The molecule has 0 atom stereocenters. The fourth-order valence-corrected chi connectivity index (χ4v) is 2.17. The standard InChI is InChI=1S/C18H17N5O2/c1-25-15-4-2-3-14(9-15)23-17-10-16(21-12-22-17)18(24)20-11-13-5-7-19-8-6-13/h2-10,12H,11H2,1H3,(H,20,24)(H,21,22,23). The Balaban J connectivity index is 1.67. The van der Waals surface area contributed by atoms with Crippen molar-refractivity contribution in [1.29, 1.82) is 0 Å². The summed E-state index contributed by atoms with van der Waals surface area (Å²) in [5, 5.41) is 5.95. The number of amides is 1. The van der Waals surface area contributed by atoms with Crippen molar-refractivity contribution < 1.29 is 9.53 Å². The van der Waals surface area contributed by atoms with Gasteiger partial charge in [-0.1, -0.05) is 6.07 Å². The highest BCUT2D eigenvalue weighted by Crippen LogP contribution is 2.20. The van der Waals surface area contributed by atoms with E-state index in [2.05, 4.69) is 25.6 Å². The molecule has 0 aliphatic heterocycles. The average molecular weight is 335 g/mol. The Labute approximate surface area is 145 Å². The summed E-state index contributed by atoms with van der Waals surface area (Å²) < 4.78 is 5.19. The number of hydrogen-bond acceptors (Lipinski definition) is 6. The number of carbonyl (C=O) groups excluding carboxylic acids is 1. The lowest BCUT2D eigenvalue weighted by Crippen LogP contribution is -2.24. The SMILES string of the molecule is COc1cccc(Nc2cc(C(=O)NCc3ccncc3)ncn2)c1. The number of anilines is 2. The summed E-state index contributed by atoms with van der Waals surface area (Å²) >= 11 is 0. The van der Waals surface area contributed by atoms with Crippen LogP contribution in [-0.2, 0) is 6.54 Å². The fraction of sp³-hybridized carbons (Fsp3) is 0.111. The van der Waals surface area contributed by atoms with E-state index in [1.165, 1.54) is 6.33 Å². The second-order valence-corrected chi connectivity index (χ2v) is 5.18. The number of nitrogens with zero attached hydrogens (tertiary/aromatic N) is 3. The number of rotatable bonds is 6. The van der Waals surface area contributed by atoms with Gasteiger partial charge in [-0.2, -0.15) is 0 Å². The normalized spacial score (nSPS) is 10.1. The van der Waals surface area contributed by atoms with Crippen LogP contribution >= 0.6 is 0 Å². The maximum atomic E-state index is 12.3. The Hall–Kier alpha value is -3.48. The van der Waals surface area contributed by atoms with Crippen LogP contribution in [0.5, 0.6) is 5.75 Å². The van der Waals surface area contributed by atoms with Gasteiger partial charge in [0.25, 0.3) is 5.91 Å². The molecule has 0 unspecified atom stereocenters. The molecule has 0 bridgehead atoms. The predicted molar refractivity (Wildman–Crippen MR) is 93.7 cm³/mol. The number of benzene rings is 1. The molecule has 25 heavy (non-hydrogen) atoms. The average Bonchev–Trinajstić information content (AvgIpc) is 2.67. The zero-order valence-electron chi connectivity index (χ0n) is 13.6. The van der Waals surface area contributed by atoms with Crippen LogP contribution in [0.3, 0.4) is 0 Å². The van der Waals surface area contributed by atoms with Crippen LogP contribution in [0, 0.1) is 0 Å². The van der Waals surface area contributed by atoms with Crippen LogP contribution in [0.4, 0.5) is 11.5 Å². The molecule has 2 N–H and O–H groups in total. The first-order valence-corrected chi connectivity index (χ1v) is 7.65. The van der Waals surface area contributed by atoms with Gasteiger partial charge in [0.2, 0.25) is 0 Å². The Kier molecular flexibility index (Phi) is 5.16. The molecule has 0 fully saturated rings. The van der Waals surface area contributed by atoms with E-state index in [0.717, 1.165) is 17.0 Å². The second kappa shape index (κ2) is 7.87. The number of methoxy groups -OCH3 is 1. The van der Waals surface area contributed by atoms with Crippen LogP contribution in [0.25, 0.3) is 0 Å². The number of pyridine rings is 1. The molecule has 0 spiro atoms. The highest BCUT2D eigenvalue weighted by Gasteiger charge is 2.09. The van der Waals surface area contributed by atoms with Gasteiger partial charge in [-0.15, -0.1) is 0 Å². The van der Waals surface area contributed by atoms with E-state index in [0.29, 0.717) is 12.4 Å². The molecule has 0 saturated heterocycles. The van der Waals surface area contributed by atoms with Gasteiger partial charge in [0.1, 0.15) is 23.6 Å². The van der Waals surface area contributed by atoms with Gasteiger partial charge in [-0.25, -0.2) is 9.97 Å². The van der Waals surface area contributed by atoms with Crippen molar-refractivity contribution in [3.05, 3.63) is 72.4 Å². The maximum Gasteiger partial charge on any atom is 0.270 e. The van der Waals surface area contributed by atoms with Gasteiger partial charge in [0.05, 0.1) is 7.11 Å². The van der Waals surface area contributed by atoms with E-state index in [1.807, 2.05) is 36.4 Å². The van der Waals surface area contributed by atoms with Crippen LogP contribution in [0.1, 0.15) is 16.1 Å². The molecule has 0 saturated carbocycles. The summed E-state index contributed by atoms with van der Waals surface area (Å²) in [5.41, 5.74) is 2.06. The molecule has 2 heterocycles. The number of hydrogen-bond donors (Lipinski definition) is 2. The quantitative estimate of drug-likeness (QED) is 0.720. The lowest BCUT2D eigenvalue weighted by molar-refractivity contribution is 0.0946. The first kappa shape index (κ1) is 16.4. The van der Waals surface area contributed by atoms with Gasteiger partial charge in [-0.3, -0.25) is 9.78 Å². The Bertz CT molecular complexity index is 855. The van der Waals surface area contributed by atoms with Gasteiger partial charge in [0, 0.05) is 36.8 Å². The maximum absolute atomic E-state index is 12.3. The Morgan fingerprint density at radius 1 is 1.12 bits per heavy atom. The highest BCUT2D eigenvalue weighted by atomic mass is 16.5. The molecular weight excluding hydrogens is 318 g/mol. The minimum Gasteiger partial charge on any atom is -0.497 e. The third-order valence-corrected chi connectivity index (χ3v) is 3.44. The monoisotopic (exact) mass is 335 g/mol. The summed E-state index contributed by atoms with van der Waals surface area (Å²) in [6.07, 6.45) is 4.72. The van der Waals surface area contributed by atoms with Crippen molar-refractivity contribution in [2.24, 2.45) is 0 Å². The van der Waals surface area contributed by atoms with E-state index in [4.69, 9.17) is 4.74 Å². The molecule has 1 amide bonds. The van der Waals surface area contributed by atoms with E-state index in [1.54, 1.807) is 25.6 Å². The van der Waals surface area contributed by atoms with Crippen molar-refractivity contribution in [2.45, 2.75) is 6.54 Å². The zero-order chi connectivity index (χ0) is 17.5. The number of carbonyl (C=O) groups is 1. The third kappa shape index (κ3) is 4.51. The minimum atomic E-state index is -0.270. The molecule has 0 aliphatic carbocycles. The molecule has 3 aromatic rings. The molecule has 1 aromatic carbocycles. The first-order valence-electron chi connectivity index (χ1n) is 7.65. The molecule has 0 radical (unpaired) electrons. The third-order valence-electron chi connectivity index (χ3n) is 3.44. The van der Waals surface area contributed by atoms with E-state index in [-0.39, 0.29) is 11.6 Å². The highest BCUT2D eigenvalue weighted by molar-refractivity contribution is 5.92. The molecule has 7 nitrogen and oxygen atoms in total. The van der Waals surface area contributed by atoms with Crippen LogP contribution in [0.2, 0.25) is 0 Å². The predicted octanol–water partition coefficient (Wildman–Crippen LogP) is 2.55. The zero-order valence-corrected chi connectivity index (χ0v) is 13.6. The molecular formula is C18H17N5O2. The summed E-state index contributed by atoms with van der Waals surface area (Å²) in [6, 6.07) is 12.7. The minimum absolute atomic E-state index is 0.270. The lowest BCUT2D eigenvalue weighted by Gasteiger charge is -2.09. The first-order chi connectivity index (χ1) is 12.2. The largest absolute Gasteiger partial charge is 0.497 e. The molecule has 2 aromatic heterocycles. The molecule has 0 aliphatic rings. The fourth-order valence-electron chi connectivity index (χ4n) is 2.17. The van der Waals surface area contributed by atoms with E-state index in [9.17, 15) is 4.79 Å². The summed E-state index contributed by atoms with van der Waals surface area (Å²) in [7, 11) is 1.61. The van der Waals surface area contributed by atoms with Crippen LogP contribution in [0.15, 0.2) is 61.2 Å². The Morgan fingerprint density at radius 3 is 2.76 bits per heavy atom. The van der Waals surface area contributed by atoms with Gasteiger partial charge in [-0.05, 0) is 29.8 Å². The van der Waals surface area contributed by atoms with Gasteiger partial charge in [0.15, 0.2) is 0 Å². The summed E-state index contributed by atoms with van der Waals surface area (Å²) in [6.45, 7) is 0.407. The van der Waals surface area contributed by atoms with Crippen molar-refractivity contribution in [3.63, 3.8) is 0 Å².